The molecule has 21 heavy (non-hydrogen) atoms. The predicted octanol–water partition coefficient (Wildman–Crippen LogP) is 4.13. The Labute approximate surface area is 127 Å². The molecule has 1 aromatic heterocycles. The highest BCUT2D eigenvalue weighted by molar-refractivity contribution is 6.33. The summed E-state index contributed by atoms with van der Waals surface area (Å²) in [5.74, 6) is 0.723. The van der Waals surface area contributed by atoms with Gasteiger partial charge in [-0.2, -0.15) is 0 Å². The van der Waals surface area contributed by atoms with Gasteiger partial charge in [-0.15, -0.1) is 0 Å². The molecule has 1 heterocycles. The lowest BCUT2D eigenvalue weighted by molar-refractivity contribution is -0.384. The summed E-state index contributed by atoms with van der Waals surface area (Å²) in [5.41, 5.74) is 1.47. The number of nitro groups is 1. The van der Waals surface area contributed by atoms with Crippen LogP contribution in [0.3, 0.4) is 0 Å². The van der Waals surface area contributed by atoms with Gasteiger partial charge in [-0.1, -0.05) is 17.7 Å². The number of rotatable bonds is 5. The highest BCUT2D eigenvalue weighted by atomic mass is 35.5. The summed E-state index contributed by atoms with van der Waals surface area (Å²) < 4.78 is 0. The Hall–Kier alpha value is -2.34. The van der Waals surface area contributed by atoms with E-state index in [-0.39, 0.29) is 11.5 Å². The number of anilines is 3. The van der Waals surface area contributed by atoms with Crippen molar-refractivity contribution in [3.05, 3.63) is 51.0 Å². The molecule has 6 nitrogen and oxygen atoms in total. The second kappa shape index (κ2) is 6.41. The maximum Gasteiger partial charge on any atom is 0.311 e. The fourth-order valence-corrected chi connectivity index (χ4v) is 2.00. The van der Waals surface area contributed by atoms with E-state index in [4.69, 9.17) is 11.6 Å². The Morgan fingerprint density at radius 1 is 1.33 bits per heavy atom. The Balaban J connectivity index is 2.43. The molecule has 0 bridgehead atoms. The molecule has 0 spiro atoms. The molecule has 0 atom stereocenters. The molecule has 0 aliphatic rings. The molecule has 0 fully saturated rings. The summed E-state index contributed by atoms with van der Waals surface area (Å²) in [6.07, 6.45) is 0. The largest absolute Gasteiger partial charge is 0.370 e. The Morgan fingerprint density at radius 2 is 2.10 bits per heavy atom. The van der Waals surface area contributed by atoms with Crippen LogP contribution in [0.25, 0.3) is 0 Å². The lowest BCUT2D eigenvalue weighted by Gasteiger charge is -2.10. The van der Waals surface area contributed by atoms with Crippen LogP contribution in [0.2, 0.25) is 5.02 Å². The minimum absolute atomic E-state index is 0.103. The number of aryl methyl sites for hydroxylation is 1. The Morgan fingerprint density at radius 3 is 2.76 bits per heavy atom. The lowest BCUT2D eigenvalue weighted by Crippen LogP contribution is -2.04. The van der Waals surface area contributed by atoms with Crippen molar-refractivity contribution in [1.82, 2.24) is 4.98 Å². The third-order valence-corrected chi connectivity index (χ3v) is 3.13. The van der Waals surface area contributed by atoms with Crippen molar-refractivity contribution in [2.75, 3.05) is 17.2 Å². The minimum Gasteiger partial charge on any atom is -0.370 e. The maximum atomic E-state index is 11.1. The average Bonchev–Trinajstić information content (AvgIpc) is 2.43. The van der Waals surface area contributed by atoms with Gasteiger partial charge in [-0.05, 0) is 37.6 Å². The summed E-state index contributed by atoms with van der Waals surface area (Å²) in [6, 6.07) is 8.40. The van der Waals surface area contributed by atoms with Crippen molar-refractivity contribution in [2.24, 2.45) is 0 Å². The molecule has 0 aliphatic heterocycles. The van der Waals surface area contributed by atoms with E-state index in [1.54, 1.807) is 12.1 Å². The normalized spacial score (nSPS) is 10.2. The Bertz CT molecular complexity index is 676. The summed E-state index contributed by atoms with van der Waals surface area (Å²) in [6.45, 7) is 4.52. The second-order valence-electron chi connectivity index (χ2n) is 4.46. The molecule has 1 aromatic carbocycles. The molecule has 2 rings (SSSR count). The number of nitrogens with one attached hydrogen (secondary N) is 2. The predicted molar refractivity (Wildman–Crippen MR) is 84.5 cm³/mol. The van der Waals surface area contributed by atoms with Crippen LogP contribution < -0.4 is 10.6 Å². The fraction of sp³-hybridized carbons (Fsp3) is 0.214. The first-order valence-electron chi connectivity index (χ1n) is 6.43. The standard InChI is InChI=1S/C14H15ClN4O2/c1-3-16-13-7-6-12(19(20)21)14(18-13)17-11-8-9(2)4-5-10(11)15/h4-8H,3H2,1-2H3,(H2,16,17,18). The van der Waals surface area contributed by atoms with Gasteiger partial charge in [0.1, 0.15) is 5.82 Å². The monoisotopic (exact) mass is 306 g/mol. The summed E-state index contributed by atoms with van der Waals surface area (Å²) in [5, 5.41) is 17.5. The topological polar surface area (TPSA) is 80.1 Å². The number of hydrogen-bond donors (Lipinski definition) is 2. The van der Waals surface area contributed by atoms with E-state index in [1.165, 1.54) is 6.07 Å². The van der Waals surface area contributed by atoms with E-state index in [2.05, 4.69) is 15.6 Å². The van der Waals surface area contributed by atoms with Gasteiger partial charge in [-0.3, -0.25) is 10.1 Å². The van der Waals surface area contributed by atoms with Crippen molar-refractivity contribution < 1.29 is 4.92 Å². The quantitative estimate of drug-likeness (QED) is 0.641. The number of benzene rings is 1. The van der Waals surface area contributed by atoms with Crippen LogP contribution in [0.1, 0.15) is 12.5 Å². The van der Waals surface area contributed by atoms with Gasteiger partial charge >= 0.3 is 5.69 Å². The van der Waals surface area contributed by atoms with E-state index in [9.17, 15) is 10.1 Å². The second-order valence-corrected chi connectivity index (χ2v) is 4.87. The Kier molecular flexibility index (Phi) is 4.59. The number of nitrogens with zero attached hydrogens (tertiary/aromatic N) is 2. The van der Waals surface area contributed by atoms with Crippen LogP contribution in [0.5, 0.6) is 0 Å². The first-order valence-corrected chi connectivity index (χ1v) is 6.81. The molecule has 0 amide bonds. The van der Waals surface area contributed by atoms with Gasteiger partial charge in [0.2, 0.25) is 5.82 Å². The van der Waals surface area contributed by atoms with E-state index < -0.39 is 4.92 Å². The number of pyridine rings is 1. The van der Waals surface area contributed by atoms with E-state index in [0.29, 0.717) is 23.1 Å². The molecule has 0 unspecified atom stereocenters. The van der Waals surface area contributed by atoms with Crippen molar-refractivity contribution in [1.29, 1.82) is 0 Å². The average molecular weight is 307 g/mol. The van der Waals surface area contributed by atoms with E-state index in [1.807, 2.05) is 26.0 Å². The zero-order valence-corrected chi connectivity index (χ0v) is 12.4. The van der Waals surface area contributed by atoms with Crippen LogP contribution in [-0.4, -0.2) is 16.5 Å². The van der Waals surface area contributed by atoms with Gasteiger partial charge < -0.3 is 10.6 Å². The van der Waals surface area contributed by atoms with Crippen LogP contribution >= 0.6 is 11.6 Å². The van der Waals surface area contributed by atoms with Gasteiger partial charge in [0, 0.05) is 12.6 Å². The van der Waals surface area contributed by atoms with Crippen LogP contribution in [0.4, 0.5) is 23.0 Å². The molecule has 7 heteroatoms. The minimum atomic E-state index is -0.477. The van der Waals surface area contributed by atoms with Crippen LogP contribution in [0.15, 0.2) is 30.3 Å². The van der Waals surface area contributed by atoms with Crippen molar-refractivity contribution >= 4 is 34.6 Å². The van der Waals surface area contributed by atoms with Gasteiger partial charge in [0.25, 0.3) is 0 Å². The molecule has 0 saturated heterocycles. The molecule has 110 valence electrons. The first-order chi connectivity index (χ1) is 10.0. The van der Waals surface area contributed by atoms with Crippen LogP contribution in [-0.2, 0) is 0 Å². The van der Waals surface area contributed by atoms with E-state index >= 15 is 0 Å². The van der Waals surface area contributed by atoms with Gasteiger partial charge in [0.15, 0.2) is 0 Å². The zero-order valence-electron chi connectivity index (χ0n) is 11.7. The first kappa shape index (κ1) is 15.1. The van der Waals surface area contributed by atoms with Crippen LogP contribution in [0, 0.1) is 17.0 Å². The zero-order chi connectivity index (χ0) is 15.4. The van der Waals surface area contributed by atoms with Crippen molar-refractivity contribution in [3.8, 4) is 0 Å². The SMILES string of the molecule is CCNc1ccc([N+](=O)[O-])c(Nc2cc(C)ccc2Cl)n1. The molecule has 0 aliphatic carbocycles. The smallest absolute Gasteiger partial charge is 0.311 e. The van der Waals surface area contributed by atoms with Crippen molar-refractivity contribution in [3.63, 3.8) is 0 Å². The molecular weight excluding hydrogens is 292 g/mol. The summed E-state index contributed by atoms with van der Waals surface area (Å²) >= 11 is 6.10. The van der Waals surface area contributed by atoms with Gasteiger partial charge in [-0.25, -0.2) is 4.98 Å². The molecule has 0 radical (unpaired) electrons. The highest BCUT2D eigenvalue weighted by Gasteiger charge is 2.17. The molecule has 2 N–H and O–H groups in total. The maximum absolute atomic E-state index is 11.1. The molecule has 0 saturated carbocycles. The number of hydrogen-bond acceptors (Lipinski definition) is 5. The fourth-order valence-electron chi connectivity index (χ4n) is 1.83. The highest BCUT2D eigenvalue weighted by Crippen LogP contribution is 2.31. The van der Waals surface area contributed by atoms with E-state index in [0.717, 1.165) is 5.56 Å². The van der Waals surface area contributed by atoms with Crippen molar-refractivity contribution in [2.45, 2.75) is 13.8 Å². The third kappa shape index (κ3) is 3.61. The lowest BCUT2D eigenvalue weighted by atomic mass is 10.2. The summed E-state index contributed by atoms with van der Waals surface area (Å²) in [4.78, 5) is 14.9. The number of aromatic nitrogens is 1. The summed E-state index contributed by atoms with van der Waals surface area (Å²) in [7, 11) is 0. The molecule has 2 aromatic rings. The molecular formula is C14H15ClN4O2. The number of halogens is 1. The van der Waals surface area contributed by atoms with Gasteiger partial charge in [0.05, 0.1) is 15.6 Å². The third-order valence-electron chi connectivity index (χ3n) is 2.80.